The third-order valence-corrected chi connectivity index (χ3v) is 7.99. The summed E-state index contributed by atoms with van der Waals surface area (Å²) in [5, 5.41) is 13.2. The Bertz CT molecular complexity index is 1030. The highest BCUT2D eigenvalue weighted by Gasteiger charge is 2.13. The van der Waals surface area contributed by atoms with Gasteiger partial charge in [-0.2, -0.15) is 0 Å². The molecular weight excluding hydrogens is 436 g/mol. The first-order valence-electron chi connectivity index (χ1n) is 8.36. The largest absolute Gasteiger partial charge is 0.296 e. The molecule has 3 aromatic rings. The van der Waals surface area contributed by atoms with Gasteiger partial charge >= 0.3 is 0 Å². The smallest absolute Gasteiger partial charge is 0.257 e. The Balaban J connectivity index is 1.61. The molecule has 28 heavy (non-hydrogen) atoms. The molecule has 0 atom stereocenters. The van der Waals surface area contributed by atoms with Gasteiger partial charge in [-0.05, 0) is 36.1 Å². The van der Waals surface area contributed by atoms with Gasteiger partial charge in [0.1, 0.15) is 0 Å². The summed E-state index contributed by atoms with van der Waals surface area (Å²) in [4.78, 5) is 13.7. The van der Waals surface area contributed by atoms with Crippen molar-refractivity contribution in [1.29, 1.82) is 0 Å². The first-order chi connectivity index (χ1) is 13.4. The van der Waals surface area contributed by atoms with E-state index >= 15 is 0 Å². The van der Waals surface area contributed by atoms with E-state index in [2.05, 4.69) is 26.3 Å². The predicted molar refractivity (Wildman–Crippen MR) is 116 cm³/mol. The van der Waals surface area contributed by atoms with E-state index in [0.29, 0.717) is 22.8 Å². The van der Waals surface area contributed by atoms with Gasteiger partial charge in [0.05, 0.1) is 5.75 Å². The minimum atomic E-state index is -3.41. The van der Waals surface area contributed by atoms with Gasteiger partial charge in [-0.25, -0.2) is 8.42 Å². The van der Waals surface area contributed by atoms with Crippen LogP contribution in [0.2, 0.25) is 0 Å². The fourth-order valence-electron chi connectivity index (χ4n) is 2.24. The molecule has 2 heterocycles. The summed E-state index contributed by atoms with van der Waals surface area (Å²) < 4.78 is 27.0. The number of thiophene rings is 1. The van der Waals surface area contributed by atoms with Crippen molar-refractivity contribution >= 4 is 61.2 Å². The number of amides is 1. The summed E-state index contributed by atoms with van der Waals surface area (Å²) in [6, 6.07) is 10.4. The van der Waals surface area contributed by atoms with Crippen molar-refractivity contribution in [3.63, 3.8) is 0 Å². The van der Waals surface area contributed by atoms with Crippen molar-refractivity contribution in [2.75, 3.05) is 15.8 Å². The highest BCUT2D eigenvalue weighted by molar-refractivity contribution is 8.00. The number of nitrogens with one attached hydrogen (secondary N) is 2. The maximum Gasteiger partial charge on any atom is 0.257 e. The van der Waals surface area contributed by atoms with Crippen molar-refractivity contribution in [2.24, 2.45) is 0 Å². The van der Waals surface area contributed by atoms with E-state index in [1.165, 1.54) is 22.3 Å². The average Bonchev–Trinajstić information content (AvgIpc) is 3.31. The number of anilines is 2. The van der Waals surface area contributed by atoms with E-state index < -0.39 is 10.0 Å². The van der Waals surface area contributed by atoms with E-state index in [1.807, 2.05) is 11.4 Å². The minimum absolute atomic E-state index is 0.0279. The third kappa shape index (κ3) is 6.03. The molecule has 0 bridgehead atoms. The number of sulfonamides is 1. The maximum absolute atomic E-state index is 12.5. The normalized spacial score (nSPS) is 11.3. The Morgan fingerprint density at radius 2 is 2.07 bits per heavy atom. The zero-order valence-electron chi connectivity index (χ0n) is 14.9. The van der Waals surface area contributed by atoms with Crippen LogP contribution in [0.5, 0.6) is 0 Å². The van der Waals surface area contributed by atoms with Gasteiger partial charge in [-0.3, -0.25) is 14.8 Å². The number of hydrogen-bond acceptors (Lipinski definition) is 8. The van der Waals surface area contributed by atoms with Gasteiger partial charge in [0.15, 0.2) is 4.34 Å². The quantitative estimate of drug-likeness (QED) is 0.369. The fourth-order valence-corrected chi connectivity index (χ4v) is 5.88. The lowest BCUT2D eigenvalue weighted by Crippen LogP contribution is -2.17. The minimum Gasteiger partial charge on any atom is -0.296 e. The Labute approximate surface area is 175 Å². The van der Waals surface area contributed by atoms with E-state index in [1.54, 1.807) is 48.2 Å². The molecule has 3 rings (SSSR count). The highest BCUT2D eigenvalue weighted by atomic mass is 32.2. The summed E-state index contributed by atoms with van der Waals surface area (Å²) in [6.45, 7) is 1.79. The van der Waals surface area contributed by atoms with Crippen LogP contribution in [0.15, 0.2) is 46.1 Å². The van der Waals surface area contributed by atoms with Crippen LogP contribution in [-0.2, 0) is 15.8 Å². The SMILES string of the molecule is CCCS(=O)(=O)Nc1cccc(C(=O)Nc2nnc(SCc3cccs3)s2)c1. The molecule has 0 aliphatic heterocycles. The zero-order valence-corrected chi connectivity index (χ0v) is 18.2. The summed E-state index contributed by atoms with van der Waals surface area (Å²) in [7, 11) is -3.41. The summed E-state index contributed by atoms with van der Waals surface area (Å²) >= 11 is 4.55. The lowest BCUT2D eigenvalue weighted by Gasteiger charge is -2.08. The molecule has 7 nitrogen and oxygen atoms in total. The standard InChI is InChI=1S/C17H18N4O3S4/c1-2-9-28(23,24)21-13-6-3-5-12(10-13)15(22)18-16-19-20-17(27-16)26-11-14-7-4-8-25-14/h3-8,10,21H,2,9,11H2,1H3,(H,18,19,22). The number of nitrogens with zero attached hydrogens (tertiary/aromatic N) is 2. The van der Waals surface area contributed by atoms with Crippen molar-refractivity contribution in [1.82, 2.24) is 10.2 Å². The summed E-state index contributed by atoms with van der Waals surface area (Å²) in [5.41, 5.74) is 0.685. The molecule has 2 aromatic heterocycles. The van der Waals surface area contributed by atoms with Crippen LogP contribution in [0, 0.1) is 0 Å². The third-order valence-electron chi connectivity index (χ3n) is 3.42. The molecule has 0 radical (unpaired) electrons. The van der Waals surface area contributed by atoms with E-state index in [-0.39, 0.29) is 11.7 Å². The lowest BCUT2D eigenvalue weighted by molar-refractivity contribution is 0.102. The molecular formula is C17H18N4O3S4. The molecule has 2 N–H and O–H groups in total. The van der Waals surface area contributed by atoms with Crippen molar-refractivity contribution in [2.45, 2.75) is 23.4 Å². The van der Waals surface area contributed by atoms with Gasteiger partial charge in [0.2, 0.25) is 15.2 Å². The van der Waals surface area contributed by atoms with Crippen molar-refractivity contribution < 1.29 is 13.2 Å². The van der Waals surface area contributed by atoms with E-state index in [4.69, 9.17) is 0 Å². The number of aromatic nitrogens is 2. The molecule has 1 amide bonds. The molecule has 0 saturated heterocycles. The molecule has 0 aliphatic carbocycles. The second-order valence-electron chi connectivity index (χ2n) is 5.70. The van der Waals surface area contributed by atoms with Crippen LogP contribution in [-0.4, -0.2) is 30.3 Å². The van der Waals surface area contributed by atoms with Crippen LogP contribution in [0.4, 0.5) is 10.8 Å². The lowest BCUT2D eigenvalue weighted by atomic mass is 10.2. The fraction of sp³-hybridized carbons (Fsp3) is 0.235. The maximum atomic E-state index is 12.5. The van der Waals surface area contributed by atoms with Gasteiger partial charge in [-0.1, -0.05) is 42.2 Å². The average molecular weight is 455 g/mol. The van der Waals surface area contributed by atoms with Crippen LogP contribution >= 0.6 is 34.4 Å². The Kier molecular flexibility index (Phi) is 7.05. The molecule has 0 fully saturated rings. The number of carbonyl (C=O) groups is 1. The summed E-state index contributed by atoms with van der Waals surface area (Å²) in [6.07, 6.45) is 0.513. The molecule has 0 aliphatic rings. The van der Waals surface area contributed by atoms with E-state index in [0.717, 1.165) is 10.1 Å². The zero-order chi connectivity index (χ0) is 20.0. The van der Waals surface area contributed by atoms with Crippen LogP contribution < -0.4 is 10.0 Å². The van der Waals surface area contributed by atoms with Gasteiger partial charge in [0, 0.05) is 21.9 Å². The number of carbonyl (C=O) groups excluding carboxylic acids is 1. The monoisotopic (exact) mass is 454 g/mol. The molecule has 0 spiro atoms. The topological polar surface area (TPSA) is 101 Å². The first-order valence-corrected chi connectivity index (χ1v) is 12.7. The summed E-state index contributed by atoms with van der Waals surface area (Å²) in [5.74, 6) is 0.461. The predicted octanol–water partition coefficient (Wildman–Crippen LogP) is 4.30. The molecule has 11 heteroatoms. The number of thioether (sulfide) groups is 1. The number of benzene rings is 1. The van der Waals surface area contributed by atoms with Gasteiger partial charge in [-0.15, -0.1) is 21.5 Å². The number of hydrogen-bond donors (Lipinski definition) is 2. The molecule has 0 saturated carbocycles. The Morgan fingerprint density at radius 3 is 2.82 bits per heavy atom. The molecule has 1 aromatic carbocycles. The van der Waals surface area contributed by atoms with E-state index in [9.17, 15) is 13.2 Å². The molecule has 148 valence electrons. The van der Waals surface area contributed by atoms with Gasteiger partial charge in [0.25, 0.3) is 5.91 Å². The second kappa shape index (κ2) is 9.50. The van der Waals surface area contributed by atoms with Crippen LogP contribution in [0.1, 0.15) is 28.6 Å². The first kappa shape index (κ1) is 20.8. The Hall–Kier alpha value is -1.95. The highest BCUT2D eigenvalue weighted by Crippen LogP contribution is 2.29. The van der Waals surface area contributed by atoms with Crippen LogP contribution in [0.3, 0.4) is 0 Å². The molecule has 0 unspecified atom stereocenters. The van der Waals surface area contributed by atoms with Crippen molar-refractivity contribution in [3.8, 4) is 0 Å². The second-order valence-corrected chi connectivity index (χ2v) is 10.8. The van der Waals surface area contributed by atoms with Crippen LogP contribution in [0.25, 0.3) is 0 Å². The van der Waals surface area contributed by atoms with Gasteiger partial charge < -0.3 is 0 Å². The number of rotatable bonds is 9. The van der Waals surface area contributed by atoms with Crippen molar-refractivity contribution in [3.05, 3.63) is 52.2 Å². The Morgan fingerprint density at radius 1 is 1.21 bits per heavy atom.